The fourth-order valence-electron chi connectivity index (χ4n) is 1.40. The lowest BCUT2D eigenvalue weighted by Gasteiger charge is -2.25. The van der Waals surface area contributed by atoms with Gasteiger partial charge in [0.05, 0.1) is 0 Å². The molecule has 0 fully saturated rings. The predicted molar refractivity (Wildman–Crippen MR) is 57.5 cm³/mol. The third-order valence-electron chi connectivity index (χ3n) is 2.34. The number of nitrogens with one attached hydrogen (secondary N) is 2. The molecule has 4 heteroatoms. The van der Waals surface area contributed by atoms with Gasteiger partial charge < -0.3 is 15.7 Å². The zero-order valence-corrected chi connectivity index (χ0v) is 9.39. The molecule has 0 heterocycles. The normalized spacial score (nSPS) is 15.1. The molecule has 0 bridgehead atoms. The minimum Gasteiger partial charge on any atom is -0.480 e. The Bertz CT molecular complexity index is 174. The molecule has 0 aromatic carbocycles. The third-order valence-corrected chi connectivity index (χ3v) is 2.34. The van der Waals surface area contributed by atoms with Crippen LogP contribution in [-0.4, -0.2) is 36.8 Å². The summed E-state index contributed by atoms with van der Waals surface area (Å²) in [6, 6.07) is 0. The summed E-state index contributed by atoms with van der Waals surface area (Å²) in [5.74, 6) is -0.760. The number of carbonyl (C=O) groups is 1. The Hall–Kier alpha value is -0.610. The average molecular weight is 202 g/mol. The maximum atomic E-state index is 11.0. The predicted octanol–water partition coefficient (Wildman–Crippen LogP) is 0.829. The molecule has 1 unspecified atom stereocenters. The van der Waals surface area contributed by atoms with Crippen LogP contribution in [0.25, 0.3) is 0 Å². The van der Waals surface area contributed by atoms with Crippen molar-refractivity contribution in [3.8, 4) is 0 Å². The van der Waals surface area contributed by atoms with Gasteiger partial charge in [0.2, 0.25) is 0 Å². The molecule has 0 saturated carbocycles. The zero-order chi connectivity index (χ0) is 11.0. The number of hydrogen-bond acceptors (Lipinski definition) is 3. The monoisotopic (exact) mass is 202 g/mol. The van der Waals surface area contributed by atoms with E-state index in [9.17, 15) is 4.79 Å². The van der Waals surface area contributed by atoms with Crippen LogP contribution in [-0.2, 0) is 4.79 Å². The van der Waals surface area contributed by atoms with Crippen molar-refractivity contribution in [1.82, 2.24) is 10.6 Å². The highest BCUT2D eigenvalue weighted by molar-refractivity contribution is 5.78. The van der Waals surface area contributed by atoms with Gasteiger partial charge in [0.15, 0.2) is 0 Å². The van der Waals surface area contributed by atoms with Gasteiger partial charge in [-0.05, 0) is 39.9 Å². The van der Waals surface area contributed by atoms with Gasteiger partial charge in [0, 0.05) is 0 Å². The van der Waals surface area contributed by atoms with Crippen molar-refractivity contribution in [1.29, 1.82) is 0 Å². The van der Waals surface area contributed by atoms with Crippen molar-refractivity contribution in [3.05, 3.63) is 0 Å². The van der Waals surface area contributed by atoms with Gasteiger partial charge in [-0.1, -0.05) is 13.3 Å². The second-order valence-electron chi connectivity index (χ2n) is 3.77. The lowest BCUT2D eigenvalue weighted by molar-refractivity contribution is -0.144. The molecule has 84 valence electrons. The molecule has 4 nitrogen and oxygen atoms in total. The fraction of sp³-hybridized carbons (Fsp3) is 0.900. The van der Waals surface area contributed by atoms with E-state index in [0.29, 0.717) is 6.42 Å². The van der Waals surface area contributed by atoms with Gasteiger partial charge >= 0.3 is 5.97 Å². The molecule has 0 aromatic heterocycles. The van der Waals surface area contributed by atoms with Gasteiger partial charge in [-0.15, -0.1) is 0 Å². The summed E-state index contributed by atoms with van der Waals surface area (Å²) in [6.45, 7) is 5.40. The average Bonchev–Trinajstić information content (AvgIpc) is 2.13. The standard InChI is InChI=1S/C10H22N2O2/c1-4-6-10(2,9(13)14)12-8-5-7-11-3/h11-12H,4-8H2,1-3H3,(H,13,14). The molecule has 0 saturated heterocycles. The van der Waals surface area contributed by atoms with E-state index in [1.54, 1.807) is 6.92 Å². The Morgan fingerprint density at radius 2 is 2.07 bits per heavy atom. The molecule has 3 N–H and O–H groups in total. The summed E-state index contributed by atoms with van der Waals surface area (Å²) in [7, 11) is 1.89. The van der Waals surface area contributed by atoms with E-state index in [-0.39, 0.29) is 0 Å². The Kier molecular flexibility index (Phi) is 6.49. The van der Waals surface area contributed by atoms with Crippen LogP contribution in [0.5, 0.6) is 0 Å². The molecular weight excluding hydrogens is 180 g/mol. The van der Waals surface area contributed by atoms with Crippen LogP contribution in [0, 0.1) is 0 Å². The number of aliphatic carboxylic acids is 1. The first kappa shape index (κ1) is 13.4. The number of rotatable bonds is 8. The highest BCUT2D eigenvalue weighted by Crippen LogP contribution is 2.12. The first-order valence-corrected chi connectivity index (χ1v) is 5.20. The van der Waals surface area contributed by atoms with Gasteiger partial charge in [-0.3, -0.25) is 4.79 Å². The molecule has 0 rings (SSSR count). The van der Waals surface area contributed by atoms with Crippen molar-refractivity contribution < 1.29 is 9.90 Å². The molecule has 0 aliphatic carbocycles. The summed E-state index contributed by atoms with van der Waals surface area (Å²) < 4.78 is 0. The van der Waals surface area contributed by atoms with E-state index in [2.05, 4.69) is 10.6 Å². The van der Waals surface area contributed by atoms with Crippen LogP contribution < -0.4 is 10.6 Å². The molecule has 0 aliphatic rings. The third kappa shape index (κ3) is 4.58. The SMILES string of the molecule is CCCC(C)(NCCCNC)C(=O)O. The van der Waals surface area contributed by atoms with Crippen LogP contribution in [0.15, 0.2) is 0 Å². The Morgan fingerprint density at radius 1 is 1.43 bits per heavy atom. The van der Waals surface area contributed by atoms with Crippen molar-refractivity contribution >= 4 is 5.97 Å². The van der Waals surface area contributed by atoms with Crippen LogP contribution in [0.3, 0.4) is 0 Å². The molecule has 0 aromatic rings. The Labute approximate surface area is 86.1 Å². The van der Waals surface area contributed by atoms with Crippen molar-refractivity contribution in [2.24, 2.45) is 0 Å². The molecule has 1 atom stereocenters. The minimum atomic E-state index is -0.761. The lowest BCUT2D eigenvalue weighted by atomic mass is 9.96. The second-order valence-corrected chi connectivity index (χ2v) is 3.77. The summed E-state index contributed by atoms with van der Waals surface area (Å²) in [5, 5.41) is 15.2. The molecule has 14 heavy (non-hydrogen) atoms. The van der Waals surface area contributed by atoms with Gasteiger partial charge in [0.1, 0.15) is 5.54 Å². The number of hydrogen-bond donors (Lipinski definition) is 3. The van der Waals surface area contributed by atoms with E-state index in [1.807, 2.05) is 14.0 Å². The maximum absolute atomic E-state index is 11.0. The topological polar surface area (TPSA) is 61.4 Å². The first-order chi connectivity index (χ1) is 6.56. The molecule has 0 spiro atoms. The quantitative estimate of drug-likeness (QED) is 0.510. The van der Waals surface area contributed by atoms with Gasteiger partial charge in [-0.2, -0.15) is 0 Å². The first-order valence-electron chi connectivity index (χ1n) is 5.20. The fourth-order valence-corrected chi connectivity index (χ4v) is 1.40. The van der Waals surface area contributed by atoms with E-state index in [1.165, 1.54) is 0 Å². The van der Waals surface area contributed by atoms with E-state index in [4.69, 9.17) is 5.11 Å². The second kappa shape index (κ2) is 6.79. The zero-order valence-electron chi connectivity index (χ0n) is 9.39. The van der Waals surface area contributed by atoms with E-state index >= 15 is 0 Å². The largest absolute Gasteiger partial charge is 0.480 e. The molecule has 0 aliphatic heterocycles. The summed E-state index contributed by atoms with van der Waals surface area (Å²) in [4.78, 5) is 11.0. The van der Waals surface area contributed by atoms with Crippen molar-refractivity contribution in [2.75, 3.05) is 20.1 Å². The smallest absolute Gasteiger partial charge is 0.323 e. The highest BCUT2D eigenvalue weighted by atomic mass is 16.4. The van der Waals surface area contributed by atoms with Gasteiger partial charge in [-0.25, -0.2) is 0 Å². The summed E-state index contributed by atoms with van der Waals surface area (Å²) in [6.07, 6.45) is 2.49. The molecule has 0 amide bonds. The Balaban J connectivity index is 3.90. The maximum Gasteiger partial charge on any atom is 0.323 e. The lowest BCUT2D eigenvalue weighted by Crippen LogP contribution is -2.50. The van der Waals surface area contributed by atoms with Crippen molar-refractivity contribution in [2.45, 2.75) is 38.6 Å². The highest BCUT2D eigenvalue weighted by Gasteiger charge is 2.30. The number of carboxylic acids is 1. The van der Waals surface area contributed by atoms with Crippen LogP contribution in [0.2, 0.25) is 0 Å². The molecular formula is C10H22N2O2. The van der Waals surface area contributed by atoms with Gasteiger partial charge in [0.25, 0.3) is 0 Å². The van der Waals surface area contributed by atoms with Crippen molar-refractivity contribution in [3.63, 3.8) is 0 Å². The Morgan fingerprint density at radius 3 is 2.50 bits per heavy atom. The minimum absolute atomic E-state index is 0.669. The summed E-state index contributed by atoms with van der Waals surface area (Å²) in [5.41, 5.74) is -0.761. The number of carboxylic acid groups (broad SMARTS) is 1. The van der Waals surface area contributed by atoms with Crippen LogP contribution >= 0.6 is 0 Å². The molecule has 0 radical (unpaired) electrons. The van der Waals surface area contributed by atoms with E-state index < -0.39 is 11.5 Å². The van der Waals surface area contributed by atoms with Crippen LogP contribution in [0.4, 0.5) is 0 Å². The summed E-state index contributed by atoms with van der Waals surface area (Å²) >= 11 is 0. The van der Waals surface area contributed by atoms with Crippen LogP contribution in [0.1, 0.15) is 33.1 Å². The van der Waals surface area contributed by atoms with E-state index in [0.717, 1.165) is 25.9 Å².